The molecule has 0 aliphatic heterocycles. The molecule has 0 aromatic heterocycles. The van der Waals surface area contributed by atoms with Crippen molar-refractivity contribution in [2.24, 2.45) is 5.92 Å². The first-order chi connectivity index (χ1) is 8.75. The lowest BCUT2D eigenvalue weighted by Crippen LogP contribution is -2.00. The van der Waals surface area contributed by atoms with Gasteiger partial charge in [0, 0.05) is 10.1 Å². The predicted molar refractivity (Wildman–Crippen MR) is 87.5 cm³/mol. The molecular weight excluding hydrogens is 346 g/mol. The van der Waals surface area contributed by atoms with Gasteiger partial charge in [-0.1, -0.05) is 67.2 Å². The Morgan fingerprint density at radius 3 is 1.79 bits per heavy atom. The number of halogens is 4. The van der Waals surface area contributed by atoms with Crippen molar-refractivity contribution in [1.82, 2.24) is 0 Å². The second-order valence-corrected chi connectivity index (χ2v) is 7.79. The smallest absolute Gasteiger partial charge is 0.155 e. The zero-order valence-corrected chi connectivity index (χ0v) is 14.8. The van der Waals surface area contributed by atoms with Crippen LogP contribution in [0.4, 0.5) is 0 Å². The van der Waals surface area contributed by atoms with E-state index in [1.165, 1.54) is 11.8 Å². The molecule has 1 rings (SSSR count). The second-order valence-electron chi connectivity index (χ2n) is 4.83. The molecule has 0 saturated heterocycles. The summed E-state index contributed by atoms with van der Waals surface area (Å²) < 4.78 is 0. The van der Waals surface area contributed by atoms with Gasteiger partial charge in [0.15, 0.2) is 5.75 Å². The van der Waals surface area contributed by atoms with E-state index < -0.39 is 0 Å². The molecule has 1 N–H and O–H groups in total. The molecule has 0 saturated carbocycles. The molecule has 1 atom stereocenters. The Balaban J connectivity index is 2.95. The summed E-state index contributed by atoms with van der Waals surface area (Å²) in [6.45, 7) is 6.48. The number of phenols is 1. The number of benzene rings is 1. The van der Waals surface area contributed by atoms with Crippen LogP contribution in [0.2, 0.25) is 20.1 Å². The maximum atomic E-state index is 9.66. The highest BCUT2D eigenvalue weighted by atomic mass is 35.5. The summed E-state index contributed by atoms with van der Waals surface area (Å²) >= 11 is 25.7. The first-order valence-electron chi connectivity index (χ1n) is 5.97. The molecule has 0 aliphatic carbocycles. The summed E-state index contributed by atoms with van der Waals surface area (Å²) in [5.74, 6) is 0.388. The third-order valence-electron chi connectivity index (χ3n) is 2.67. The Kier molecular flexibility index (Phi) is 6.95. The fourth-order valence-corrected chi connectivity index (χ4v) is 3.82. The molecule has 0 aliphatic rings. The first-order valence-corrected chi connectivity index (χ1v) is 8.36. The summed E-state index contributed by atoms with van der Waals surface area (Å²) in [4.78, 5) is 0.632. The minimum absolute atomic E-state index is 0.0506. The minimum Gasteiger partial charge on any atom is -0.505 e. The zero-order chi connectivity index (χ0) is 14.7. The molecular formula is C13H16Cl4OS. The third-order valence-corrected chi connectivity index (χ3v) is 5.86. The van der Waals surface area contributed by atoms with E-state index in [0.717, 1.165) is 12.8 Å². The van der Waals surface area contributed by atoms with Crippen molar-refractivity contribution < 1.29 is 5.11 Å². The van der Waals surface area contributed by atoms with Crippen LogP contribution in [0.3, 0.4) is 0 Å². The average molecular weight is 362 g/mol. The van der Waals surface area contributed by atoms with Crippen LogP contribution >= 0.6 is 58.2 Å². The Labute approximate surface area is 138 Å². The van der Waals surface area contributed by atoms with Gasteiger partial charge in [0.1, 0.15) is 10.0 Å². The molecule has 1 aromatic carbocycles. The molecule has 0 heterocycles. The summed E-state index contributed by atoms with van der Waals surface area (Å²) in [7, 11) is 0. The van der Waals surface area contributed by atoms with Crippen molar-refractivity contribution >= 4 is 58.2 Å². The molecule has 0 bridgehead atoms. The lowest BCUT2D eigenvalue weighted by atomic mass is 10.1. The van der Waals surface area contributed by atoms with Crippen molar-refractivity contribution in [3.63, 3.8) is 0 Å². The van der Waals surface area contributed by atoms with E-state index in [9.17, 15) is 5.11 Å². The van der Waals surface area contributed by atoms with Gasteiger partial charge >= 0.3 is 0 Å². The monoisotopic (exact) mass is 360 g/mol. The summed E-state index contributed by atoms with van der Waals surface area (Å²) in [6, 6.07) is 0. The molecule has 1 unspecified atom stereocenters. The fourth-order valence-electron chi connectivity index (χ4n) is 1.53. The van der Waals surface area contributed by atoms with Crippen LogP contribution in [0.1, 0.15) is 33.6 Å². The molecule has 0 amide bonds. The Bertz CT molecular complexity index is 433. The number of phenolic OH excluding ortho intramolecular Hbond substituents is 1. The van der Waals surface area contributed by atoms with Crippen LogP contribution in [0.15, 0.2) is 4.90 Å². The van der Waals surface area contributed by atoms with Crippen LogP contribution in [-0.2, 0) is 0 Å². The SMILES string of the molecule is CC(C)CCC(C)Sc1c(Cl)c(Cl)c(O)c(Cl)c1Cl. The standard InChI is InChI=1S/C13H16Cl4OS/c1-6(2)4-5-7(3)19-13-10(16)8(14)12(18)9(15)11(13)17/h6-7,18H,4-5H2,1-3H3. The van der Waals surface area contributed by atoms with E-state index in [1.54, 1.807) is 0 Å². The van der Waals surface area contributed by atoms with Gasteiger partial charge in [-0.25, -0.2) is 0 Å². The van der Waals surface area contributed by atoms with Crippen LogP contribution in [0, 0.1) is 5.92 Å². The normalized spacial score (nSPS) is 13.1. The Morgan fingerprint density at radius 1 is 0.895 bits per heavy atom. The van der Waals surface area contributed by atoms with Gasteiger partial charge in [-0.15, -0.1) is 11.8 Å². The summed E-state index contributed by atoms with van der Waals surface area (Å²) in [5, 5.41) is 10.6. The number of rotatable bonds is 5. The van der Waals surface area contributed by atoms with Crippen LogP contribution in [0.25, 0.3) is 0 Å². The number of hydrogen-bond donors (Lipinski definition) is 1. The van der Waals surface area contributed by atoms with E-state index in [1.807, 2.05) is 0 Å². The molecule has 1 aromatic rings. The zero-order valence-electron chi connectivity index (χ0n) is 10.9. The number of hydrogen-bond acceptors (Lipinski definition) is 2. The molecule has 108 valence electrons. The highest BCUT2D eigenvalue weighted by Crippen LogP contribution is 2.50. The van der Waals surface area contributed by atoms with Gasteiger partial charge in [-0.3, -0.25) is 0 Å². The van der Waals surface area contributed by atoms with E-state index in [0.29, 0.717) is 16.1 Å². The predicted octanol–water partition coefficient (Wildman–Crippen LogP) is 6.92. The van der Waals surface area contributed by atoms with Gasteiger partial charge in [-0.05, 0) is 18.8 Å². The minimum atomic E-state index is -0.266. The Morgan fingerprint density at radius 2 is 1.37 bits per heavy atom. The number of aromatic hydroxyl groups is 1. The molecule has 6 heteroatoms. The maximum absolute atomic E-state index is 9.66. The largest absolute Gasteiger partial charge is 0.505 e. The van der Waals surface area contributed by atoms with Gasteiger partial charge in [-0.2, -0.15) is 0 Å². The molecule has 0 spiro atoms. The van der Waals surface area contributed by atoms with Gasteiger partial charge in [0.25, 0.3) is 0 Å². The van der Waals surface area contributed by atoms with Gasteiger partial charge in [0.05, 0.1) is 10.0 Å². The van der Waals surface area contributed by atoms with Gasteiger partial charge in [0.2, 0.25) is 0 Å². The summed E-state index contributed by atoms with van der Waals surface area (Å²) in [6.07, 6.45) is 2.17. The Hall–Kier alpha value is 0.530. The fraction of sp³-hybridized carbons (Fsp3) is 0.538. The van der Waals surface area contributed by atoms with E-state index in [2.05, 4.69) is 20.8 Å². The molecule has 0 fully saturated rings. The highest BCUT2D eigenvalue weighted by molar-refractivity contribution is 8.00. The molecule has 0 radical (unpaired) electrons. The van der Waals surface area contributed by atoms with Crippen molar-refractivity contribution in [2.45, 2.75) is 43.8 Å². The van der Waals surface area contributed by atoms with Crippen LogP contribution in [-0.4, -0.2) is 10.4 Å². The number of thioether (sulfide) groups is 1. The van der Waals surface area contributed by atoms with E-state index in [-0.39, 0.29) is 25.8 Å². The maximum Gasteiger partial charge on any atom is 0.155 e. The van der Waals surface area contributed by atoms with E-state index in [4.69, 9.17) is 46.4 Å². The lowest BCUT2D eigenvalue weighted by Gasteiger charge is -2.16. The van der Waals surface area contributed by atoms with Crippen molar-refractivity contribution in [2.75, 3.05) is 0 Å². The second kappa shape index (κ2) is 7.51. The highest BCUT2D eigenvalue weighted by Gasteiger charge is 2.21. The van der Waals surface area contributed by atoms with Gasteiger partial charge < -0.3 is 5.11 Å². The lowest BCUT2D eigenvalue weighted by molar-refractivity contribution is 0.475. The van der Waals surface area contributed by atoms with E-state index >= 15 is 0 Å². The topological polar surface area (TPSA) is 20.2 Å². The molecule has 19 heavy (non-hydrogen) atoms. The average Bonchev–Trinajstić information content (AvgIpc) is 2.36. The van der Waals surface area contributed by atoms with Crippen molar-refractivity contribution in [3.05, 3.63) is 20.1 Å². The third kappa shape index (κ3) is 4.50. The van der Waals surface area contributed by atoms with Crippen molar-refractivity contribution in [3.8, 4) is 5.75 Å². The van der Waals surface area contributed by atoms with Crippen LogP contribution in [0.5, 0.6) is 5.75 Å². The summed E-state index contributed by atoms with van der Waals surface area (Å²) in [5.41, 5.74) is 0. The van der Waals surface area contributed by atoms with Crippen molar-refractivity contribution in [1.29, 1.82) is 0 Å². The molecule has 1 nitrogen and oxygen atoms in total. The quantitative estimate of drug-likeness (QED) is 0.453. The first kappa shape index (κ1) is 17.6. The van der Waals surface area contributed by atoms with Crippen LogP contribution < -0.4 is 0 Å².